The third kappa shape index (κ3) is 7.49. The molecule has 0 saturated heterocycles. The molecule has 5 nitrogen and oxygen atoms in total. The Labute approximate surface area is 195 Å². The number of halogens is 6. The quantitative estimate of drug-likeness (QED) is 0.222. The standard InChI is InChI=1S/C24H17F6NO4/c25-23(26,27)19-8-16(9-20(11-19)24(28,29)30)13-34-21-6-2-5-18(10-21)17-4-1-3-15(7-17)12-31-35-14-22(32)33/h1-12H,13-14H2,(H,32,33)/b31-12+. The summed E-state index contributed by atoms with van der Waals surface area (Å²) < 4.78 is 83.8. The number of benzene rings is 3. The Bertz CT molecular complexity index is 1190. The van der Waals surface area contributed by atoms with Gasteiger partial charge >= 0.3 is 18.3 Å². The number of alkyl halides is 6. The molecule has 0 aliphatic rings. The van der Waals surface area contributed by atoms with E-state index in [4.69, 9.17) is 9.84 Å². The molecule has 0 spiro atoms. The third-order valence-electron chi connectivity index (χ3n) is 4.57. The average Bonchev–Trinajstić information content (AvgIpc) is 2.79. The molecule has 0 atom stereocenters. The van der Waals surface area contributed by atoms with Crippen molar-refractivity contribution in [3.8, 4) is 16.9 Å². The lowest BCUT2D eigenvalue weighted by molar-refractivity contribution is -0.144. The van der Waals surface area contributed by atoms with E-state index >= 15 is 0 Å². The molecule has 0 aromatic heterocycles. The Morgan fingerprint density at radius 2 is 1.46 bits per heavy atom. The molecule has 0 fully saturated rings. The summed E-state index contributed by atoms with van der Waals surface area (Å²) in [4.78, 5) is 15.0. The van der Waals surface area contributed by atoms with E-state index in [1.54, 1.807) is 42.5 Å². The van der Waals surface area contributed by atoms with Gasteiger partial charge in [-0.25, -0.2) is 4.79 Å². The van der Waals surface area contributed by atoms with Crippen LogP contribution >= 0.6 is 0 Å². The van der Waals surface area contributed by atoms with E-state index in [0.717, 1.165) is 0 Å². The fraction of sp³-hybridized carbons (Fsp3) is 0.167. The number of oxime groups is 1. The van der Waals surface area contributed by atoms with Gasteiger partial charge in [-0.2, -0.15) is 26.3 Å². The molecule has 11 heteroatoms. The minimum absolute atomic E-state index is 0.0626. The lowest BCUT2D eigenvalue weighted by atomic mass is 10.0. The fourth-order valence-electron chi connectivity index (χ4n) is 3.02. The molecule has 0 unspecified atom stereocenters. The van der Waals surface area contributed by atoms with Crippen molar-refractivity contribution in [2.75, 3.05) is 6.61 Å². The Morgan fingerprint density at radius 3 is 2.06 bits per heavy atom. The van der Waals surface area contributed by atoms with Crippen LogP contribution in [0, 0.1) is 0 Å². The first-order chi connectivity index (χ1) is 16.4. The van der Waals surface area contributed by atoms with Crippen molar-refractivity contribution >= 4 is 12.2 Å². The van der Waals surface area contributed by atoms with Crippen LogP contribution < -0.4 is 4.74 Å². The van der Waals surface area contributed by atoms with Crippen LogP contribution in [-0.2, 0) is 28.6 Å². The van der Waals surface area contributed by atoms with Gasteiger partial charge in [-0.1, -0.05) is 35.5 Å². The molecule has 0 aliphatic heterocycles. The molecule has 1 N–H and O–H groups in total. The number of carbonyl (C=O) groups is 1. The number of carboxylic acids is 1. The van der Waals surface area contributed by atoms with Crippen LogP contribution in [-0.4, -0.2) is 23.9 Å². The van der Waals surface area contributed by atoms with E-state index in [1.807, 2.05) is 0 Å². The molecule has 0 amide bonds. The number of rotatable bonds is 8. The zero-order valence-corrected chi connectivity index (χ0v) is 17.7. The van der Waals surface area contributed by atoms with Crippen molar-refractivity contribution in [1.29, 1.82) is 0 Å². The van der Waals surface area contributed by atoms with Gasteiger partial charge in [0.2, 0.25) is 6.61 Å². The number of hydrogen-bond donors (Lipinski definition) is 1. The topological polar surface area (TPSA) is 68.1 Å². The highest BCUT2D eigenvalue weighted by atomic mass is 19.4. The number of aliphatic carboxylic acids is 1. The molecule has 3 aromatic carbocycles. The summed E-state index contributed by atoms with van der Waals surface area (Å²) in [6.07, 6.45) is -8.56. The molecule has 0 aliphatic carbocycles. The first-order valence-electron chi connectivity index (χ1n) is 9.90. The predicted octanol–water partition coefficient (Wildman–Crippen LogP) is 6.41. The van der Waals surface area contributed by atoms with Crippen LogP contribution in [0.5, 0.6) is 5.75 Å². The summed E-state index contributed by atoms with van der Waals surface area (Å²) in [7, 11) is 0. The molecular weight excluding hydrogens is 480 g/mol. The van der Waals surface area contributed by atoms with Crippen molar-refractivity contribution in [3.63, 3.8) is 0 Å². The molecule has 35 heavy (non-hydrogen) atoms. The highest BCUT2D eigenvalue weighted by Gasteiger charge is 2.36. The summed E-state index contributed by atoms with van der Waals surface area (Å²) in [6, 6.07) is 14.6. The lowest BCUT2D eigenvalue weighted by Crippen LogP contribution is -2.12. The van der Waals surface area contributed by atoms with Gasteiger partial charge in [0.05, 0.1) is 17.3 Å². The van der Waals surface area contributed by atoms with E-state index in [0.29, 0.717) is 28.8 Å². The second-order valence-electron chi connectivity index (χ2n) is 7.26. The zero-order chi connectivity index (χ0) is 25.6. The van der Waals surface area contributed by atoms with E-state index in [2.05, 4.69) is 9.99 Å². The summed E-state index contributed by atoms with van der Waals surface area (Å²) in [5.41, 5.74) is -1.14. The normalized spacial score (nSPS) is 12.1. The van der Waals surface area contributed by atoms with Gasteiger partial charge in [-0.3, -0.25) is 0 Å². The van der Waals surface area contributed by atoms with Crippen molar-refractivity contribution in [2.45, 2.75) is 19.0 Å². The average molecular weight is 497 g/mol. The van der Waals surface area contributed by atoms with E-state index in [9.17, 15) is 31.1 Å². The van der Waals surface area contributed by atoms with Crippen LogP contribution in [0.3, 0.4) is 0 Å². The van der Waals surface area contributed by atoms with Gasteiger partial charge in [0.15, 0.2) is 0 Å². The molecule has 0 heterocycles. The maximum atomic E-state index is 13.1. The van der Waals surface area contributed by atoms with Crippen LogP contribution in [0.1, 0.15) is 22.3 Å². The van der Waals surface area contributed by atoms with E-state index < -0.39 is 42.7 Å². The van der Waals surface area contributed by atoms with Crippen LogP contribution in [0.25, 0.3) is 11.1 Å². The molecule has 0 saturated carbocycles. The van der Waals surface area contributed by atoms with Crippen LogP contribution in [0.4, 0.5) is 26.3 Å². The van der Waals surface area contributed by atoms with E-state index in [-0.39, 0.29) is 17.4 Å². The molecule has 3 aromatic rings. The smallest absolute Gasteiger partial charge is 0.416 e. The van der Waals surface area contributed by atoms with Crippen LogP contribution in [0.2, 0.25) is 0 Å². The summed E-state index contributed by atoms with van der Waals surface area (Å²) in [5, 5.41) is 12.1. The maximum Gasteiger partial charge on any atom is 0.416 e. The predicted molar refractivity (Wildman–Crippen MR) is 114 cm³/mol. The monoisotopic (exact) mass is 497 g/mol. The second kappa shape index (κ2) is 10.5. The van der Waals surface area contributed by atoms with Crippen LogP contribution in [0.15, 0.2) is 71.9 Å². The van der Waals surface area contributed by atoms with Gasteiger partial charge in [0, 0.05) is 0 Å². The lowest BCUT2D eigenvalue weighted by Gasteiger charge is -2.15. The molecule has 0 bridgehead atoms. The van der Waals surface area contributed by atoms with E-state index in [1.165, 1.54) is 12.3 Å². The Hall–Kier alpha value is -4.02. The highest BCUT2D eigenvalue weighted by molar-refractivity contribution is 5.82. The van der Waals surface area contributed by atoms with Crippen molar-refractivity contribution in [1.82, 2.24) is 0 Å². The first-order valence-corrected chi connectivity index (χ1v) is 9.90. The molecule has 184 valence electrons. The summed E-state index contributed by atoms with van der Waals surface area (Å²) in [6.45, 7) is -1.10. The number of ether oxygens (including phenoxy) is 1. The summed E-state index contributed by atoms with van der Waals surface area (Å²) >= 11 is 0. The number of hydrogen-bond acceptors (Lipinski definition) is 4. The first kappa shape index (κ1) is 25.6. The van der Waals surface area contributed by atoms with Gasteiger partial charge in [-0.05, 0) is 58.7 Å². The number of nitrogens with zero attached hydrogens (tertiary/aromatic N) is 1. The second-order valence-corrected chi connectivity index (χ2v) is 7.26. The van der Waals surface area contributed by atoms with Crippen molar-refractivity contribution in [3.05, 3.63) is 89.0 Å². The van der Waals surface area contributed by atoms with Gasteiger partial charge < -0.3 is 14.7 Å². The summed E-state index contributed by atoms with van der Waals surface area (Å²) in [5.74, 6) is -0.940. The van der Waals surface area contributed by atoms with Crippen molar-refractivity contribution in [2.24, 2.45) is 5.16 Å². The molecule has 0 radical (unpaired) electrons. The molecule has 3 rings (SSSR count). The SMILES string of the molecule is O=C(O)CO/N=C/c1cccc(-c2cccc(OCc3cc(C(F)(F)F)cc(C(F)(F)F)c3)c2)c1. The van der Waals surface area contributed by atoms with Gasteiger partial charge in [-0.15, -0.1) is 0 Å². The largest absolute Gasteiger partial charge is 0.489 e. The molecular formula is C24H17F6NO4. The minimum atomic E-state index is -4.94. The van der Waals surface area contributed by atoms with Gasteiger partial charge in [0.1, 0.15) is 12.4 Å². The van der Waals surface area contributed by atoms with Gasteiger partial charge in [0.25, 0.3) is 0 Å². The Morgan fingerprint density at radius 1 is 0.857 bits per heavy atom. The Balaban J connectivity index is 1.78. The van der Waals surface area contributed by atoms with Crippen molar-refractivity contribution < 1.29 is 45.8 Å². The highest BCUT2D eigenvalue weighted by Crippen LogP contribution is 2.36. The zero-order valence-electron chi connectivity index (χ0n) is 17.7. The minimum Gasteiger partial charge on any atom is -0.489 e. The number of carboxylic acid groups (broad SMARTS) is 1. The Kier molecular flexibility index (Phi) is 7.68. The third-order valence-corrected chi connectivity index (χ3v) is 4.57. The fourth-order valence-corrected chi connectivity index (χ4v) is 3.02. The maximum absolute atomic E-state index is 13.1.